The molecule has 0 radical (unpaired) electrons. The van der Waals surface area contributed by atoms with Crippen LogP contribution in [0.15, 0.2) is 59.9 Å². The van der Waals surface area contributed by atoms with Crippen molar-refractivity contribution in [1.82, 2.24) is 4.98 Å². The van der Waals surface area contributed by atoms with E-state index in [1.165, 1.54) is 0 Å². The molecule has 20 heavy (non-hydrogen) atoms. The Morgan fingerprint density at radius 3 is 2.70 bits per heavy atom. The van der Waals surface area contributed by atoms with Crippen molar-refractivity contribution in [3.05, 3.63) is 60.3 Å². The molecule has 1 N–H and O–H groups in total. The lowest BCUT2D eigenvalue weighted by Crippen LogP contribution is -2.28. The first kappa shape index (κ1) is 12.3. The molecule has 2 aromatic rings. The van der Waals surface area contributed by atoms with Gasteiger partial charge in [0.25, 0.3) is 5.91 Å². The number of nitrogens with zero attached hydrogens (tertiary/aromatic N) is 2. The Morgan fingerprint density at radius 2 is 1.95 bits per heavy atom. The molecule has 0 unspecified atom stereocenters. The van der Waals surface area contributed by atoms with Gasteiger partial charge in [0.2, 0.25) is 6.10 Å². The Bertz CT molecular complexity index is 626. The third-order valence-electron chi connectivity index (χ3n) is 2.98. The molecule has 0 spiro atoms. The first-order valence-corrected chi connectivity index (χ1v) is 6.33. The van der Waals surface area contributed by atoms with Crippen molar-refractivity contribution in [1.29, 1.82) is 0 Å². The van der Waals surface area contributed by atoms with Gasteiger partial charge in [-0.25, -0.2) is 4.98 Å². The highest BCUT2D eigenvalue weighted by atomic mass is 16.6. The maximum Gasteiger partial charge on any atom is 0.269 e. The van der Waals surface area contributed by atoms with Crippen LogP contribution >= 0.6 is 0 Å². The van der Waals surface area contributed by atoms with E-state index in [4.69, 9.17) is 4.84 Å². The highest BCUT2D eigenvalue weighted by molar-refractivity contribution is 6.05. The number of aromatic nitrogens is 1. The molecule has 1 amide bonds. The number of hydrogen-bond acceptors (Lipinski definition) is 4. The van der Waals surface area contributed by atoms with E-state index in [0.29, 0.717) is 12.2 Å². The van der Waals surface area contributed by atoms with Crippen molar-refractivity contribution in [2.45, 2.75) is 12.5 Å². The second kappa shape index (κ2) is 5.52. The van der Waals surface area contributed by atoms with Gasteiger partial charge in [0.1, 0.15) is 5.82 Å². The minimum Gasteiger partial charge on any atom is -0.382 e. The molecule has 5 nitrogen and oxygen atoms in total. The average Bonchev–Trinajstić information content (AvgIpc) is 2.99. The molecule has 1 aliphatic rings. The predicted octanol–water partition coefficient (Wildman–Crippen LogP) is 2.21. The summed E-state index contributed by atoms with van der Waals surface area (Å²) >= 11 is 0. The van der Waals surface area contributed by atoms with Gasteiger partial charge in [-0.15, -0.1) is 0 Å². The zero-order chi connectivity index (χ0) is 13.8. The molecule has 1 atom stereocenters. The molecule has 3 rings (SSSR count). The van der Waals surface area contributed by atoms with Gasteiger partial charge < -0.3 is 10.2 Å². The quantitative estimate of drug-likeness (QED) is 0.927. The third-order valence-corrected chi connectivity index (χ3v) is 2.98. The number of pyridine rings is 1. The molecular weight excluding hydrogens is 254 g/mol. The summed E-state index contributed by atoms with van der Waals surface area (Å²) in [7, 11) is 0. The molecule has 0 fully saturated rings. The van der Waals surface area contributed by atoms with Crippen LogP contribution in [0.5, 0.6) is 0 Å². The van der Waals surface area contributed by atoms with E-state index in [1.807, 2.05) is 36.4 Å². The fourth-order valence-corrected chi connectivity index (χ4v) is 1.96. The molecule has 0 bridgehead atoms. The van der Waals surface area contributed by atoms with Gasteiger partial charge >= 0.3 is 0 Å². The Kier molecular flexibility index (Phi) is 3.41. The largest absolute Gasteiger partial charge is 0.382 e. The molecule has 100 valence electrons. The summed E-state index contributed by atoms with van der Waals surface area (Å²) in [6, 6.07) is 15.0. The fraction of sp³-hybridized carbons (Fsp3) is 0.133. The normalized spacial score (nSPS) is 17.2. The molecule has 2 heterocycles. The summed E-state index contributed by atoms with van der Waals surface area (Å²) < 4.78 is 0. The van der Waals surface area contributed by atoms with Gasteiger partial charge in [-0.2, -0.15) is 0 Å². The van der Waals surface area contributed by atoms with Gasteiger partial charge in [0, 0.05) is 12.6 Å². The second-order valence-electron chi connectivity index (χ2n) is 4.41. The van der Waals surface area contributed by atoms with Gasteiger partial charge in [-0.1, -0.05) is 41.6 Å². The van der Waals surface area contributed by atoms with Gasteiger partial charge in [0.05, 0.1) is 5.71 Å². The Balaban J connectivity index is 1.63. The number of amides is 1. The lowest BCUT2D eigenvalue weighted by molar-refractivity contribution is -0.125. The molecule has 0 saturated heterocycles. The Morgan fingerprint density at radius 1 is 1.15 bits per heavy atom. The first-order chi connectivity index (χ1) is 9.83. The SMILES string of the molecule is O=C(Nc1ccccn1)[C@H]1CC(c2ccccc2)=NO1. The molecule has 0 aliphatic carbocycles. The number of oxime groups is 1. The summed E-state index contributed by atoms with van der Waals surface area (Å²) in [4.78, 5) is 21.3. The van der Waals surface area contributed by atoms with E-state index in [-0.39, 0.29) is 5.91 Å². The number of benzene rings is 1. The monoisotopic (exact) mass is 267 g/mol. The highest BCUT2D eigenvalue weighted by Gasteiger charge is 2.28. The van der Waals surface area contributed by atoms with E-state index in [9.17, 15) is 4.79 Å². The maximum atomic E-state index is 12.0. The summed E-state index contributed by atoms with van der Waals surface area (Å²) in [5.74, 6) is 0.271. The number of nitrogens with one attached hydrogen (secondary N) is 1. The van der Waals surface area contributed by atoms with E-state index in [0.717, 1.165) is 11.3 Å². The van der Waals surface area contributed by atoms with Crippen LogP contribution < -0.4 is 5.32 Å². The molecule has 5 heteroatoms. The number of hydrogen-bond donors (Lipinski definition) is 1. The predicted molar refractivity (Wildman–Crippen MR) is 75.3 cm³/mol. The fourth-order valence-electron chi connectivity index (χ4n) is 1.96. The van der Waals surface area contributed by atoms with Gasteiger partial charge in [0.15, 0.2) is 0 Å². The third kappa shape index (κ3) is 2.66. The molecule has 1 aromatic heterocycles. The van der Waals surface area contributed by atoms with Crippen molar-refractivity contribution < 1.29 is 9.63 Å². The standard InChI is InChI=1S/C15H13N3O2/c19-15(17-14-8-4-5-9-16-14)13-10-12(18-20-13)11-6-2-1-3-7-11/h1-9,13H,10H2,(H,16,17,19)/t13-/m1/s1. The van der Waals surface area contributed by atoms with Gasteiger partial charge in [-0.05, 0) is 17.7 Å². The summed E-state index contributed by atoms with van der Waals surface area (Å²) in [5.41, 5.74) is 1.76. The lowest BCUT2D eigenvalue weighted by atomic mass is 10.0. The lowest BCUT2D eigenvalue weighted by Gasteiger charge is -2.08. The zero-order valence-corrected chi connectivity index (χ0v) is 10.7. The minimum absolute atomic E-state index is 0.238. The van der Waals surface area contributed by atoms with E-state index < -0.39 is 6.10 Å². The smallest absolute Gasteiger partial charge is 0.269 e. The summed E-state index contributed by atoms with van der Waals surface area (Å²) in [6.45, 7) is 0. The number of carbonyl (C=O) groups is 1. The van der Waals surface area contributed by atoms with Crippen LogP contribution in [0.25, 0.3) is 0 Å². The average molecular weight is 267 g/mol. The van der Waals surface area contributed by atoms with Crippen LogP contribution in [0.1, 0.15) is 12.0 Å². The number of rotatable bonds is 3. The van der Waals surface area contributed by atoms with Crippen LogP contribution in [-0.4, -0.2) is 22.7 Å². The van der Waals surface area contributed by atoms with Crippen molar-refractivity contribution in [2.24, 2.45) is 5.16 Å². The first-order valence-electron chi connectivity index (χ1n) is 6.33. The second-order valence-corrected chi connectivity index (χ2v) is 4.41. The summed E-state index contributed by atoms with van der Waals surface area (Å²) in [6.07, 6.45) is 1.48. The molecule has 1 aromatic carbocycles. The van der Waals surface area contributed by atoms with E-state index >= 15 is 0 Å². The topological polar surface area (TPSA) is 63.6 Å². The Labute approximate surface area is 116 Å². The highest BCUT2D eigenvalue weighted by Crippen LogP contribution is 2.17. The van der Waals surface area contributed by atoms with Crippen molar-refractivity contribution in [3.8, 4) is 0 Å². The van der Waals surface area contributed by atoms with Crippen molar-refractivity contribution in [3.63, 3.8) is 0 Å². The van der Waals surface area contributed by atoms with Crippen molar-refractivity contribution in [2.75, 3.05) is 5.32 Å². The van der Waals surface area contributed by atoms with Crippen molar-refractivity contribution >= 4 is 17.4 Å². The zero-order valence-electron chi connectivity index (χ0n) is 10.7. The van der Waals surface area contributed by atoms with Crippen LogP contribution in [0.3, 0.4) is 0 Å². The molecular formula is C15H13N3O2. The molecule has 1 aliphatic heterocycles. The minimum atomic E-state index is -0.604. The van der Waals surface area contributed by atoms with Crippen LogP contribution in [0.2, 0.25) is 0 Å². The van der Waals surface area contributed by atoms with Crippen LogP contribution in [0.4, 0.5) is 5.82 Å². The van der Waals surface area contributed by atoms with E-state index in [2.05, 4.69) is 15.5 Å². The van der Waals surface area contributed by atoms with E-state index in [1.54, 1.807) is 18.3 Å². The Hall–Kier alpha value is -2.69. The van der Waals surface area contributed by atoms with Crippen LogP contribution in [-0.2, 0) is 9.63 Å². The van der Waals surface area contributed by atoms with Crippen LogP contribution in [0, 0.1) is 0 Å². The number of carbonyl (C=O) groups excluding carboxylic acids is 1. The van der Waals surface area contributed by atoms with Gasteiger partial charge in [-0.3, -0.25) is 4.79 Å². The summed E-state index contributed by atoms with van der Waals surface area (Å²) in [5, 5.41) is 6.69. The number of anilines is 1. The molecule has 0 saturated carbocycles. The maximum absolute atomic E-state index is 12.0.